The molecule has 1 atom stereocenters. The first-order valence-electron chi connectivity index (χ1n) is 8.51. The molecule has 25 heavy (non-hydrogen) atoms. The van der Waals surface area contributed by atoms with Crippen molar-refractivity contribution < 1.29 is 8.42 Å². The molecule has 1 aromatic heterocycles. The molecule has 2 N–H and O–H groups in total. The van der Waals surface area contributed by atoms with Gasteiger partial charge in [0.2, 0.25) is 10.0 Å². The van der Waals surface area contributed by atoms with Gasteiger partial charge >= 0.3 is 0 Å². The number of hydrogen-bond donors (Lipinski definition) is 2. The molecule has 1 heterocycles. The van der Waals surface area contributed by atoms with Gasteiger partial charge in [-0.3, -0.25) is 0 Å². The van der Waals surface area contributed by atoms with Gasteiger partial charge in [0, 0.05) is 23.1 Å². The highest BCUT2D eigenvalue weighted by Crippen LogP contribution is 2.22. The third kappa shape index (κ3) is 3.94. The zero-order valence-corrected chi connectivity index (χ0v) is 15.6. The highest BCUT2D eigenvalue weighted by Gasteiger charge is 2.23. The van der Waals surface area contributed by atoms with Crippen LogP contribution in [0.3, 0.4) is 0 Å². The van der Waals surface area contributed by atoms with Gasteiger partial charge in [-0.2, -0.15) is 0 Å². The van der Waals surface area contributed by atoms with Crippen LogP contribution in [0.25, 0.3) is 10.9 Å². The van der Waals surface area contributed by atoms with E-state index >= 15 is 0 Å². The molecule has 0 saturated heterocycles. The number of fused-ring (bicyclic) bond motifs is 1. The van der Waals surface area contributed by atoms with Crippen LogP contribution in [-0.2, 0) is 16.4 Å². The Bertz CT molecular complexity index is 957. The molecular weight excluding hydrogens is 332 g/mol. The van der Waals surface area contributed by atoms with Gasteiger partial charge in [0.05, 0.1) is 4.90 Å². The number of H-pyrrole nitrogens is 1. The van der Waals surface area contributed by atoms with Crippen LogP contribution in [0.1, 0.15) is 25.0 Å². The maximum absolute atomic E-state index is 12.7. The lowest BCUT2D eigenvalue weighted by molar-refractivity contribution is 0.446. The number of rotatable bonds is 6. The molecule has 0 aliphatic heterocycles. The van der Waals surface area contributed by atoms with Crippen molar-refractivity contribution >= 4 is 20.9 Å². The Morgan fingerprint density at radius 3 is 2.40 bits per heavy atom. The minimum absolute atomic E-state index is 0.175. The van der Waals surface area contributed by atoms with Gasteiger partial charge in [-0.1, -0.05) is 49.7 Å². The summed E-state index contributed by atoms with van der Waals surface area (Å²) in [5.41, 5.74) is 3.24. The van der Waals surface area contributed by atoms with E-state index in [-0.39, 0.29) is 12.0 Å². The summed E-state index contributed by atoms with van der Waals surface area (Å²) < 4.78 is 28.4. The molecule has 0 fully saturated rings. The lowest BCUT2D eigenvalue weighted by atomic mass is 9.97. The van der Waals surface area contributed by atoms with Crippen molar-refractivity contribution in [1.82, 2.24) is 9.71 Å². The molecule has 0 aliphatic rings. The first-order chi connectivity index (χ1) is 11.9. The number of hydrogen-bond acceptors (Lipinski definition) is 2. The fourth-order valence-electron chi connectivity index (χ4n) is 2.94. The van der Waals surface area contributed by atoms with Gasteiger partial charge in [-0.25, -0.2) is 13.1 Å². The van der Waals surface area contributed by atoms with Crippen molar-refractivity contribution in [2.75, 3.05) is 0 Å². The van der Waals surface area contributed by atoms with Crippen molar-refractivity contribution in [2.24, 2.45) is 5.92 Å². The van der Waals surface area contributed by atoms with Crippen molar-refractivity contribution in [3.05, 3.63) is 65.9 Å². The first kappa shape index (κ1) is 17.7. The standard InChI is InChI=1S/C20H24N2O2S/c1-14(2)20(12-16-13-21-19-7-5-4-6-18(16)19)22-25(23,24)17-10-8-15(3)9-11-17/h4-11,13-14,20-22H,12H2,1-3H3/t20-/m1/s1. The van der Waals surface area contributed by atoms with E-state index in [0.717, 1.165) is 22.0 Å². The molecule has 0 saturated carbocycles. The van der Waals surface area contributed by atoms with E-state index in [9.17, 15) is 8.42 Å². The fourth-order valence-corrected chi connectivity index (χ4v) is 4.32. The second-order valence-electron chi connectivity index (χ2n) is 6.85. The van der Waals surface area contributed by atoms with E-state index in [1.54, 1.807) is 12.1 Å². The molecule has 4 nitrogen and oxygen atoms in total. The second kappa shape index (κ2) is 7.02. The molecule has 2 aromatic carbocycles. The number of nitrogens with one attached hydrogen (secondary N) is 2. The molecule has 5 heteroatoms. The Balaban J connectivity index is 1.85. The summed E-state index contributed by atoms with van der Waals surface area (Å²) in [6.45, 7) is 6.02. The molecule has 0 amide bonds. The molecule has 0 spiro atoms. The Hall–Kier alpha value is -2.11. The van der Waals surface area contributed by atoms with E-state index < -0.39 is 10.0 Å². The summed E-state index contributed by atoms with van der Waals surface area (Å²) in [5, 5.41) is 1.14. The average molecular weight is 356 g/mol. The number of aromatic amines is 1. The molecule has 0 aliphatic carbocycles. The minimum Gasteiger partial charge on any atom is -0.361 e. The molecule has 3 rings (SSSR count). The van der Waals surface area contributed by atoms with Gasteiger partial charge in [0.1, 0.15) is 0 Å². The average Bonchev–Trinajstić information content (AvgIpc) is 2.97. The number of sulfonamides is 1. The van der Waals surface area contributed by atoms with E-state index in [2.05, 4.69) is 15.8 Å². The van der Waals surface area contributed by atoms with E-state index in [1.807, 2.05) is 57.3 Å². The highest BCUT2D eigenvalue weighted by molar-refractivity contribution is 7.89. The largest absolute Gasteiger partial charge is 0.361 e. The summed E-state index contributed by atoms with van der Waals surface area (Å²) in [6.07, 6.45) is 2.62. The quantitative estimate of drug-likeness (QED) is 0.701. The molecule has 3 aromatic rings. The fraction of sp³-hybridized carbons (Fsp3) is 0.300. The van der Waals surface area contributed by atoms with Crippen LogP contribution < -0.4 is 4.72 Å². The van der Waals surface area contributed by atoms with Crippen LogP contribution in [0.4, 0.5) is 0 Å². The third-order valence-electron chi connectivity index (χ3n) is 4.56. The minimum atomic E-state index is -3.54. The smallest absolute Gasteiger partial charge is 0.240 e. The van der Waals surface area contributed by atoms with Crippen LogP contribution in [0.15, 0.2) is 59.6 Å². The Labute approximate surface area is 149 Å². The van der Waals surface area contributed by atoms with Crippen molar-refractivity contribution in [3.8, 4) is 0 Å². The maximum atomic E-state index is 12.7. The maximum Gasteiger partial charge on any atom is 0.240 e. The Morgan fingerprint density at radius 1 is 1.04 bits per heavy atom. The van der Waals surface area contributed by atoms with Crippen LogP contribution in [0.5, 0.6) is 0 Å². The van der Waals surface area contributed by atoms with Gasteiger partial charge in [-0.15, -0.1) is 0 Å². The summed E-state index contributed by atoms with van der Waals surface area (Å²) in [5.74, 6) is 0.175. The zero-order valence-electron chi connectivity index (χ0n) is 14.8. The first-order valence-corrected chi connectivity index (χ1v) is 9.99. The summed E-state index contributed by atoms with van der Waals surface area (Å²) in [6, 6.07) is 14.8. The van der Waals surface area contributed by atoms with Gasteiger partial charge in [0.15, 0.2) is 0 Å². The van der Waals surface area contributed by atoms with E-state index in [4.69, 9.17) is 0 Å². The Morgan fingerprint density at radius 2 is 1.72 bits per heavy atom. The van der Waals surface area contributed by atoms with E-state index in [1.165, 1.54) is 0 Å². The van der Waals surface area contributed by atoms with Gasteiger partial charge in [-0.05, 0) is 43.0 Å². The molecule has 0 radical (unpaired) electrons. The summed E-state index contributed by atoms with van der Waals surface area (Å²) >= 11 is 0. The Kier molecular flexibility index (Phi) is 4.97. The zero-order chi connectivity index (χ0) is 18.0. The summed E-state index contributed by atoms with van der Waals surface area (Å²) in [4.78, 5) is 3.56. The number of para-hydroxylation sites is 1. The van der Waals surface area contributed by atoms with E-state index in [0.29, 0.717) is 11.3 Å². The lowest BCUT2D eigenvalue weighted by Crippen LogP contribution is -2.40. The number of benzene rings is 2. The molecular formula is C20H24N2O2S. The van der Waals surface area contributed by atoms with Gasteiger partial charge in [0.25, 0.3) is 0 Å². The summed E-state index contributed by atoms with van der Waals surface area (Å²) in [7, 11) is -3.54. The topological polar surface area (TPSA) is 62.0 Å². The molecule has 132 valence electrons. The molecule has 0 unspecified atom stereocenters. The second-order valence-corrected chi connectivity index (χ2v) is 8.56. The van der Waals surface area contributed by atoms with Crippen LogP contribution in [0.2, 0.25) is 0 Å². The molecule has 0 bridgehead atoms. The SMILES string of the molecule is Cc1ccc(S(=O)(=O)N[C@H](Cc2c[nH]c3ccccc23)C(C)C)cc1. The van der Waals surface area contributed by atoms with Crippen molar-refractivity contribution in [1.29, 1.82) is 0 Å². The number of aryl methyl sites for hydroxylation is 1. The predicted molar refractivity (Wildman–Crippen MR) is 102 cm³/mol. The predicted octanol–water partition coefficient (Wildman–Crippen LogP) is 4.02. The van der Waals surface area contributed by atoms with Crippen LogP contribution >= 0.6 is 0 Å². The van der Waals surface area contributed by atoms with Crippen molar-refractivity contribution in [3.63, 3.8) is 0 Å². The number of aromatic nitrogens is 1. The third-order valence-corrected chi connectivity index (χ3v) is 6.06. The monoisotopic (exact) mass is 356 g/mol. The van der Waals surface area contributed by atoms with Gasteiger partial charge < -0.3 is 4.98 Å². The highest BCUT2D eigenvalue weighted by atomic mass is 32.2. The van der Waals surface area contributed by atoms with Crippen molar-refractivity contribution in [2.45, 2.75) is 38.1 Å². The lowest BCUT2D eigenvalue weighted by Gasteiger charge is -2.22. The van der Waals surface area contributed by atoms with Crippen LogP contribution in [0, 0.1) is 12.8 Å². The normalized spacial score (nSPS) is 13.4. The van der Waals surface area contributed by atoms with Crippen LogP contribution in [-0.4, -0.2) is 19.4 Å².